The summed E-state index contributed by atoms with van der Waals surface area (Å²) < 4.78 is 11.6. The molecule has 0 spiro atoms. The number of rotatable bonds is 4. The van der Waals surface area contributed by atoms with E-state index in [-0.39, 0.29) is 24.0 Å². The first-order valence-corrected chi connectivity index (χ1v) is 12.5. The van der Waals surface area contributed by atoms with Gasteiger partial charge in [0, 0.05) is 36.3 Å². The summed E-state index contributed by atoms with van der Waals surface area (Å²) >= 11 is 0. The fourth-order valence-corrected chi connectivity index (χ4v) is 4.86. The zero-order valence-electron chi connectivity index (χ0n) is 21.1. The summed E-state index contributed by atoms with van der Waals surface area (Å²) in [5.41, 5.74) is -0.0487. The van der Waals surface area contributed by atoms with Crippen molar-refractivity contribution in [3.63, 3.8) is 0 Å². The maximum atomic E-state index is 13.0. The van der Waals surface area contributed by atoms with Crippen LogP contribution in [0.1, 0.15) is 52.9 Å². The number of nitrogens with zero attached hydrogens (tertiary/aromatic N) is 3. The minimum Gasteiger partial charge on any atom is -0.445 e. The molecule has 0 bridgehead atoms. The van der Waals surface area contributed by atoms with Crippen molar-refractivity contribution < 1.29 is 19.1 Å². The van der Waals surface area contributed by atoms with E-state index in [2.05, 4.69) is 27.4 Å². The molecule has 0 radical (unpaired) electrons. The molecule has 1 N–H and O–H groups in total. The van der Waals surface area contributed by atoms with Gasteiger partial charge in [0.25, 0.3) is 5.56 Å². The maximum absolute atomic E-state index is 13.0. The molecule has 1 fully saturated rings. The predicted molar refractivity (Wildman–Crippen MR) is 137 cm³/mol. The van der Waals surface area contributed by atoms with Crippen molar-refractivity contribution in [1.82, 2.24) is 14.9 Å². The van der Waals surface area contributed by atoms with Crippen molar-refractivity contribution in [2.45, 2.75) is 64.6 Å². The van der Waals surface area contributed by atoms with Crippen molar-refractivity contribution in [3.8, 4) is 0 Å². The van der Waals surface area contributed by atoms with Crippen molar-refractivity contribution in [2.75, 3.05) is 18.4 Å². The molecule has 1 aromatic heterocycles. The highest BCUT2D eigenvalue weighted by Crippen LogP contribution is 2.34. The lowest BCUT2D eigenvalue weighted by Crippen LogP contribution is -2.46. The first-order valence-electron chi connectivity index (χ1n) is 12.5. The molecule has 2 heterocycles. The lowest BCUT2D eigenvalue weighted by atomic mass is 9.79. The van der Waals surface area contributed by atoms with Crippen LogP contribution >= 0.6 is 0 Å². The Labute approximate surface area is 210 Å². The molecule has 36 heavy (non-hydrogen) atoms. The number of hydrogen-bond acceptors (Lipinski definition) is 7. The van der Waals surface area contributed by atoms with Crippen LogP contribution in [0.3, 0.4) is 0 Å². The van der Waals surface area contributed by atoms with Crippen LogP contribution in [-0.2, 0) is 9.47 Å². The Morgan fingerprint density at radius 2 is 1.86 bits per heavy atom. The van der Waals surface area contributed by atoms with Crippen molar-refractivity contribution in [2.24, 2.45) is 11.8 Å². The standard InChI is InChI=1S/C27H34N4O5/c1-27(2,3)36-26(34)31-13-11-19(12-14-31)24(18-7-5-4-6-8-18)35-25(33)29-21-10-9-20-16-28-17-23(32)30-22(20)15-21/h4-5,9-10,15-19,24H,6-8,11-14H2,1-3H3,(H,29,33)/t18-,24-/m1/s1. The number of likely N-dealkylation sites (tertiary alicyclic amines) is 1. The molecule has 9 nitrogen and oxygen atoms in total. The molecular weight excluding hydrogens is 460 g/mol. The molecule has 2 aliphatic rings. The third-order valence-electron chi connectivity index (χ3n) is 6.58. The molecule has 1 aliphatic heterocycles. The summed E-state index contributed by atoms with van der Waals surface area (Å²) in [4.78, 5) is 46.8. The lowest BCUT2D eigenvalue weighted by molar-refractivity contribution is -0.0107. The number of aromatic nitrogens is 2. The highest BCUT2D eigenvalue weighted by Gasteiger charge is 2.36. The molecule has 1 aliphatic carbocycles. The van der Waals surface area contributed by atoms with E-state index in [1.54, 1.807) is 29.3 Å². The van der Waals surface area contributed by atoms with Gasteiger partial charge in [0.15, 0.2) is 0 Å². The number of benzene rings is 1. The molecule has 192 valence electrons. The Hall–Kier alpha value is -3.49. The number of carbonyl (C=O) groups is 2. The molecular formula is C27H34N4O5. The molecule has 0 unspecified atom stereocenters. The van der Waals surface area contributed by atoms with Crippen LogP contribution in [0.5, 0.6) is 0 Å². The molecule has 2 amide bonds. The first kappa shape index (κ1) is 25.6. The van der Waals surface area contributed by atoms with E-state index in [1.165, 1.54) is 0 Å². The Morgan fingerprint density at radius 3 is 2.56 bits per heavy atom. The second kappa shape index (κ2) is 11.1. The van der Waals surface area contributed by atoms with Crippen molar-refractivity contribution in [3.05, 3.63) is 53.1 Å². The van der Waals surface area contributed by atoms with Crippen LogP contribution in [0.2, 0.25) is 0 Å². The van der Waals surface area contributed by atoms with Gasteiger partial charge in [-0.25, -0.2) is 14.6 Å². The van der Waals surface area contributed by atoms with Crippen molar-refractivity contribution in [1.29, 1.82) is 0 Å². The summed E-state index contributed by atoms with van der Waals surface area (Å²) in [5.74, 6) is 0.377. The number of hydrogen-bond donors (Lipinski definition) is 1. The zero-order chi connectivity index (χ0) is 25.7. The SMILES string of the molecule is CC(C)(C)OC(=O)N1CCC([C@H](OC(=O)Nc2ccc3cncc(=O)nc3c2)[C@@H]2CC=CCC2)CC1. The molecule has 1 aromatic carbocycles. The van der Waals surface area contributed by atoms with E-state index >= 15 is 0 Å². The van der Waals surface area contributed by atoms with Gasteiger partial charge in [-0.05, 0) is 77.0 Å². The average Bonchev–Trinajstić information content (AvgIpc) is 3.02. The number of ether oxygens (including phenoxy) is 2. The second-order valence-corrected chi connectivity index (χ2v) is 10.5. The quantitative estimate of drug-likeness (QED) is 0.601. The number of allylic oxidation sites excluding steroid dienone is 2. The van der Waals surface area contributed by atoms with Gasteiger partial charge in [-0.1, -0.05) is 12.2 Å². The number of piperidine rings is 1. The largest absolute Gasteiger partial charge is 0.445 e. The highest BCUT2D eigenvalue weighted by atomic mass is 16.6. The lowest BCUT2D eigenvalue weighted by Gasteiger charge is -2.39. The van der Waals surface area contributed by atoms with E-state index in [9.17, 15) is 14.4 Å². The van der Waals surface area contributed by atoms with Gasteiger partial charge in [-0.2, -0.15) is 0 Å². The summed E-state index contributed by atoms with van der Waals surface area (Å²) in [7, 11) is 0. The van der Waals surface area contributed by atoms with Crippen LogP contribution < -0.4 is 10.9 Å². The van der Waals surface area contributed by atoms with Gasteiger partial charge in [0.1, 0.15) is 11.7 Å². The molecule has 2 atom stereocenters. The van der Waals surface area contributed by atoms with E-state index in [0.29, 0.717) is 29.7 Å². The molecule has 9 heteroatoms. The Morgan fingerprint density at radius 1 is 1.08 bits per heavy atom. The Balaban J connectivity index is 1.43. The Bertz CT molecular complexity index is 1180. The molecule has 4 rings (SSSR count). The van der Waals surface area contributed by atoms with E-state index in [1.807, 2.05) is 20.8 Å². The van der Waals surface area contributed by atoms with E-state index in [4.69, 9.17) is 9.47 Å². The Kier molecular flexibility index (Phi) is 7.86. The summed E-state index contributed by atoms with van der Waals surface area (Å²) in [5, 5.41) is 3.49. The minimum atomic E-state index is -0.538. The van der Waals surface area contributed by atoms with E-state index in [0.717, 1.165) is 38.3 Å². The fraction of sp³-hybridized carbons (Fsp3) is 0.519. The number of carbonyl (C=O) groups excluding carboxylic acids is 2. The van der Waals surface area contributed by atoms with E-state index < -0.39 is 17.3 Å². The van der Waals surface area contributed by atoms with Gasteiger partial charge in [-0.15, -0.1) is 0 Å². The monoisotopic (exact) mass is 494 g/mol. The van der Waals surface area contributed by atoms with Gasteiger partial charge >= 0.3 is 12.2 Å². The third-order valence-corrected chi connectivity index (χ3v) is 6.58. The van der Waals surface area contributed by atoms with Crippen LogP contribution in [0.15, 0.2) is 47.5 Å². The molecule has 2 aromatic rings. The van der Waals surface area contributed by atoms with Gasteiger partial charge in [0.2, 0.25) is 0 Å². The predicted octanol–water partition coefficient (Wildman–Crippen LogP) is 4.91. The third kappa shape index (κ3) is 6.80. The first-order chi connectivity index (χ1) is 17.2. The number of amides is 2. The average molecular weight is 495 g/mol. The summed E-state index contributed by atoms with van der Waals surface area (Å²) in [6, 6.07) is 5.12. The topological polar surface area (TPSA) is 111 Å². The van der Waals surface area contributed by atoms with Gasteiger partial charge in [-0.3, -0.25) is 15.1 Å². The summed E-state index contributed by atoms with van der Waals surface area (Å²) in [6.07, 6.45) is 10.2. The van der Waals surface area contributed by atoms with Crippen molar-refractivity contribution >= 4 is 28.8 Å². The van der Waals surface area contributed by atoms with Gasteiger partial charge < -0.3 is 14.4 Å². The zero-order valence-corrected chi connectivity index (χ0v) is 21.1. The van der Waals surface area contributed by atoms with Crippen LogP contribution in [0.4, 0.5) is 15.3 Å². The summed E-state index contributed by atoms with van der Waals surface area (Å²) in [6.45, 7) is 6.72. The van der Waals surface area contributed by atoms with Crippen LogP contribution in [0.25, 0.3) is 10.9 Å². The van der Waals surface area contributed by atoms with Crippen LogP contribution in [0, 0.1) is 11.8 Å². The van der Waals surface area contributed by atoms with Crippen LogP contribution in [-0.4, -0.2) is 51.8 Å². The van der Waals surface area contributed by atoms with Gasteiger partial charge in [0.05, 0.1) is 11.7 Å². The maximum Gasteiger partial charge on any atom is 0.411 e. The normalized spacial score (nSPS) is 19.5. The second-order valence-electron chi connectivity index (χ2n) is 10.5. The minimum absolute atomic E-state index is 0.150. The number of anilines is 1. The molecule has 1 saturated heterocycles. The highest BCUT2D eigenvalue weighted by molar-refractivity contribution is 5.89. The fourth-order valence-electron chi connectivity index (χ4n) is 4.86. The number of fused-ring (bicyclic) bond motifs is 1. The number of nitrogens with one attached hydrogen (secondary N) is 1. The smallest absolute Gasteiger partial charge is 0.411 e. The molecule has 0 saturated carbocycles.